The van der Waals surface area contributed by atoms with Crippen molar-refractivity contribution >= 4 is 29.3 Å². The van der Waals surface area contributed by atoms with E-state index in [-0.39, 0.29) is 18.3 Å². The fraction of sp³-hybridized carbons (Fsp3) is 0.421. The lowest BCUT2D eigenvalue weighted by atomic mass is 10.2. The molecule has 6 nitrogen and oxygen atoms in total. The summed E-state index contributed by atoms with van der Waals surface area (Å²) in [7, 11) is 1.81. The van der Waals surface area contributed by atoms with Crippen molar-refractivity contribution in [3.05, 3.63) is 41.2 Å². The van der Waals surface area contributed by atoms with Crippen LogP contribution in [0.2, 0.25) is 0 Å². The standard InChI is InChI=1S/C19H25N3O3S/c1-12-6-8-16(9-7-12)26-11-10-17(23)25-15(4)19(24)20-18-13(2)21-22(5)14(18)3/h6-9,15H,10-11H2,1-5H3,(H,20,24)/t15-/m0/s1. The second-order valence-electron chi connectivity index (χ2n) is 6.20. The summed E-state index contributed by atoms with van der Waals surface area (Å²) < 4.78 is 6.93. The summed E-state index contributed by atoms with van der Waals surface area (Å²) in [6.07, 6.45) is -0.605. The van der Waals surface area contributed by atoms with E-state index in [4.69, 9.17) is 4.74 Å². The van der Waals surface area contributed by atoms with E-state index in [1.54, 1.807) is 23.4 Å². The number of anilines is 1. The van der Waals surface area contributed by atoms with Gasteiger partial charge >= 0.3 is 5.97 Å². The Morgan fingerprint density at radius 3 is 2.46 bits per heavy atom. The molecule has 1 aromatic carbocycles. The van der Waals surface area contributed by atoms with Crippen LogP contribution < -0.4 is 5.32 Å². The zero-order valence-corrected chi connectivity index (χ0v) is 16.6. The summed E-state index contributed by atoms with van der Waals surface area (Å²) >= 11 is 1.59. The number of hydrogen-bond donors (Lipinski definition) is 1. The van der Waals surface area contributed by atoms with Crippen molar-refractivity contribution in [3.8, 4) is 0 Å². The van der Waals surface area contributed by atoms with Gasteiger partial charge in [0.1, 0.15) is 0 Å². The van der Waals surface area contributed by atoms with Gasteiger partial charge < -0.3 is 10.1 Å². The maximum atomic E-state index is 12.3. The van der Waals surface area contributed by atoms with Gasteiger partial charge in [-0.3, -0.25) is 14.3 Å². The SMILES string of the molecule is Cc1ccc(SCCC(=O)O[C@@H](C)C(=O)Nc2c(C)nn(C)c2C)cc1. The summed E-state index contributed by atoms with van der Waals surface area (Å²) in [5.74, 6) is -0.132. The number of carbonyl (C=O) groups excluding carboxylic acids is 2. The molecule has 1 N–H and O–H groups in total. The van der Waals surface area contributed by atoms with E-state index in [0.717, 1.165) is 16.3 Å². The maximum absolute atomic E-state index is 12.3. The van der Waals surface area contributed by atoms with Crippen LogP contribution in [-0.2, 0) is 21.4 Å². The molecule has 0 saturated heterocycles. The Labute approximate surface area is 158 Å². The van der Waals surface area contributed by atoms with Gasteiger partial charge in [0, 0.05) is 17.7 Å². The Morgan fingerprint density at radius 1 is 1.23 bits per heavy atom. The van der Waals surface area contributed by atoms with Crippen LogP contribution in [0.5, 0.6) is 0 Å². The lowest BCUT2D eigenvalue weighted by Crippen LogP contribution is -2.30. The highest BCUT2D eigenvalue weighted by molar-refractivity contribution is 7.99. The number of esters is 1. The molecule has 7 heteroatoms. The minimum atomic E-state index is -0.856. The molecule has 1 heterocycles. The topological polar surface area (TPSA) is 73.2 Å². The number of thioether (sulfide) groups is 1. The number of nitrogens with one attached hydrogen (secondary N) is 1. The molecule has 0 saturated carbocycles. The molecule has 0 fully saturated rings. The predicted octanol–water partition coefficient (Wildman–Crippen LogP) is 3.40. The molecule has 0 aliphatic rings. The first-order valence-electron chi connectivity index (χ1n) is 8.48. The van der Waals surface area contributed by atoms with Gasteiger partial charge in [0.2, 0.25) is 0 Å². The van der Waals surface area contributed by atoms with Crippen molar-refractivity contribution in [1.29, 1.82) is 0 Å². The third kappa shape index (κ3) is 5.36. The van der Waals surface area contributed by atoms with Gasteiger partial charge in [-0.05, 0) is 39.8 Å². The van der Waals surface area contributed by atoms with Crippen LogP contribution in [0.25, 0.3) is 0 Å². The second-order valence-corrected chi connectivity index (χ2v) is 7.37. The Balaban J connectivity index is 1.78. The van der Waals surface area contributed by atoms with Crippen LogP contribution in [0, 0.1) is 20.8 Å². The van der Waals surface area contributed by atoms with Gasteiger partial charge in [-0.2, -0.15) is 5.10 Å². The molecule has 1 amide bonds. The van der Waals surface area contributed by atoms with Crippen LogP contribution >= 0.6 is 11.8 Å². The van der Waals surface area contributed by atoms with Gasteiger partial charge in [0.15, 0.2) is 6.10 Å². The number of aromatic nitrogens is 2. The van der Waals surface area contributed by atoms with E-state index in [1.807, 2.05) is 52.1 Å². The highest BCUT2D eigenvalue weighted by atomic mass is 32.2. The Hall–Kier alpha value is -2.28. The van der Waals surface area contributed by atoms with Crippen LogP contribution in [0.3, 0.4) is 0 Å². The Morgan fingerprint density at radius 2 is 1.88 bits per heavy atom. The van der Waals surface area contributed by atoms with Crippen LogP contribution in [0.1, 0.15) is 30.3 Å². The highest BCUT2D eigenvalue weighted by Gasteiger charge is 2.20. The molecule has 1 atom stereocenters. The number of hydrogen-bond acceptors (Lipinski definition) is 5. The zero-order valence-electron chi connectivity index (χ0n) is 15.8. The zero-order chi connectivity index (χ0) is 19.3. The first kappa shape index (κ1) is 20.0. The lowest BCUT2D eigenvalue weighted by molar-refractivity contribution is -0.152. The van der Waals surface area contributed by atoms with Crippen molar-refractivity contribution in [2.24, 2.45) is 7.05 Å². The molecule has 2 rings (SSSR count). The van der Waals surface area contributed by atoms with Crippen molar-refractivity contribution in [3.63, 3.8) is 0 Å². The largest absolute Gasteiger partial charge is 0.453 e. The Kier molecular flexibility index (Phi) is 6.85. The van der Waals surface area contributed by atoms with Gasteiger partial charge in [0.05, 0.1) is 23.5 Å². The Bertz CT molecular complexity index is 784. The molecule has 0 radical (unpaired) electrons. The fourth-order valence-electron chi connectivity index (χ4n) is 2.38. The van der Waals surface area contributed by atoms with E-state index in [0.29, 0.717) is 11.4 Å². The van der Waals surface area contributed by atoms with Crippen molar-refractivity contribution in [2.45, 2.75) is 45.1 Å². The van der Waals surface area contributed by atoms with E-state index < -0.39 is 6.10 Å². The summed E-state index contributed by atoms with van der Waals surface area (Å²) in [5.41, 5.74) is 3.44. The molecular weight excluding hydrogens is 350 g/mol. The number of ether oxygens (including phenoxy) is 1. The summed E-state index contributed by atoms with van der Waals surface area (Å²) in [4.78, 5) is 25.3. The first-order chi connectivity index (χ1) is 12.3. The minimum absolute atomic E-state index is 0.251. The monoisotopic (exact) mass is 375 g/mol. The normalized spacial score (nSPS) is 11.9. The number of amides is 1. The lowest BCUT2D eigenvalue weighted by Gasteiger charge is -2.13. The van der Waals surface area contributed by atoms with Crippen molar-refractivity contribution in [2.75, 3.05) is 11.1 Å². The third-order valence-electron chi connectivity index (χ3n) is 4.03. The van der Waals surface area contributed by atoms with Crippen LogP contribution in [0.15, 0.2) is 29.2 Å². The van der Waals surface area contributed by atoms with Crippen molar-refractivity contribution < 1.29 is 14.3 Å². The van der Waals surface area contributed by atoms with E-state index >= 15 is 0 Å². The molecule has 0 bridgehead atoms. The summed E-state index contributed by atoms with van der Waals surface area (Å²) in [5, 5.41) is 7.04. The third-order valence-corrected chi connectivity index (χ3v) is 5.04. The molecule has 140 valence electrons. The van der Waals surface area contributed by atoms with Gasteiger partial charge in [-0.15, -0.1) is 11.8 Å². The van der Waals surface area contributed by atoms with Crippen LogP contribution in [-0.4, -0.2) is 33.5 Å². The number of benzene rings is 1. The van der Waals surface area contributed by atoms with E-state index in [2.05, 4.69) is 10.4 Å². The van der Waals surface area contributed by atoms with Crippen LogP contribution in [0.4, 0.5) is 5.69 Å². The van der Waals surface area contributed by atoms with E-state index in [1.165, 1.54) is 5.56 Å². The molecule has 2 aromatic rings. The molecule has 0 aliphatic carbocycles. The number of aryl methyl sites for hydroxylation is 3. The minimum Gasteiger partial charge on any atom is -0.453 e. The average Bonchev–Trinajstić information content (AvgIpc) is 2.82. The highest BCUT2D eigenvalue weighted by Crippen LogP contribution is 2.20. The summed E-state index contributed by atoms with van der Waals surface area (Å²) in [6.45, 7) is 7.30. The van der Waals surface area contributed by atoms with E-state index in [9.17, 15) is 9.59 Å². The summed E-state index contributed by atoms with van der Waals surface area (Å²) in [6, 6.07) is 8.13. The maximum Gasteiger partial charge on any atom is 0.307 e. The first-order valence-corrected chi connectivity index (χ1v) is 9.46. The molecule has 0 spiro atoms. The molecule has 0 unspecified atom stereocenters. The predicted molar refractivity (Wildman–Crippen MR) is 103 cm³/mol. The van der Waals surface area contributed by atoms with Gasteiger partial charge in [-0.25, -0.2) is 0 Å². The number of carbonyl (C=O) groups is 2. The fourth-order valence-corrected chi connectivity index (χ4v) is 3.21. The number of nitrogens with zero attached hydrogens (tertiary/aromatic N) is 2. The quantitative estimate of drug-likeness (QED) is 0.593. The van der Waals surface area contributed by atoms with Crippen molar-refractivity contribution in [1.82, 2.24) is 9.78 Å². The average molecular weight is 375 g/mol. The molecule has 1 aromatic heterocycles. The second kappa shape index (κ2) is 8.89. The smallest absolute Gasteiger partial charge is 0.307 e. The number of rotatable bonds is 7. The molecule has 0 aliphatic heterocycles. The molecule has 26 heavy (non-hydrogen) atoms. The molecular formula is C19H25N3O3S. The van der Waals surface area contributed by atoms with Gasteiger partial charge in [0.25, 0.3) is 5.91 Å². The van der Waals surface area contributed by atoms with Gasteiger partial charge in [-0.1, -0.05) is 17.7 Å².